The third kappa shape index (κ3) is 5.46. The van der Waals surface area contributed by atoms with Gasteiger partial charge < -0.3 is 10.1 Å². The summed E-state index contributed by atoms with van der Waals surface area (Å²) < 4.78 is 32.4. The van der Waals surface area contributed by atoms with E-state index in [-0.39, 0.29) is 4.90 Å². The molecule has 1 aliphatic heterocycles. The maximum atomic E-state index is 12.9. The maximum Gasteiger partial charge on any atom is 0.338 e. The number of ether oxygens (including phenoxy) is 1. The predicted molar refractivity (Wildman–Crippen MR) is 114 cm³/mol. The average Bonchev–Trinajstić information content (AvgIpc) is 3.03. The van der Waals surface area contributed by atoms with Gasteiger partial charge in [-0.15, -0.1) is 0 Å². The highest BCUT2D eigenvalue weighted by Crippen LogP contribution is 2.22. The monoisotopic (exact) mass is 430 g/mol. The first-order valence-corrected chi connectivity index (χ1v) is 11.4. The number of nitrogens with one attached hydrogen (secondary N) is 1. The van der Waals surface area contributed by atoms with E-state index in [1.54, 1.807) is 37.3 Å². The largest absolute Gasteiger partial charge is 0.452 e. The lowest BCUT2D eigenvalue weighted by Gasteiger charge is -2.20. The first-order valence-electron chi connectivity index (χ1n) is 10.0. The van der Waals surface area contributed by atoms with Crippen LogP contribution in [0.4, 0.5) is 5.69 Å². The number of anilines is 1. The van der Waals surface area contributed by atoms with Crippen molar-refractivity contribution in [1.82, 2.24) is 4.31 Å². The van der Waals surface area contributed by atoms with Crippen LogP contribution in [0.15, 0.2) is 53.4 Å². The van der Waals surface area contributed by atoms with Crippen LogP contribution >= 0.6 is 0 Å². The first-order chi connectivity index (χ1) is 14.4. The second-order valence-corrected chi connectivity index (χ2v) is 9.22. The van der Waals surface area contributed by atoms with Gasteiger partial charge in [0, 0.05) is 18.8 Å². The number of carbonyl (C=O) groups is 2. The van der Waals surface area contributed by atoms with Crippen LogP contribution in [-0.2, 0) is 19.6 Å². The molecule has 30 heavy (non-hydrogen) atoms. The Kier molecular flexibility index (Phi) is 7.23. The van der Waals surface area contributed by atoms with E-state index in [9.17, 15) is 18.0 Å². The minimum absolute atomic E-state index is 0.138. The molecule has 1 aliphatic rings. The topological polar surface area (TPSA) is 92.8 Å². The molecule has 0 saturated carbocycles. The van der Waals surface area contributed by atoms with Crippen LogP contribution in [0.1, 0.15) is 41.6 Å². The van der Waals surface area contributed by atoms with E-state index in [1.807, 2.05) is 6.07 Å². The lowest BCUT2D eigenvalue weighted by molar-refractivity contribution is -0.119. The van der Waals surface area contributed by atoms with E-state index in [4.69, 9.17) is 4.74 Å². The summed E-state index contributed by atoms with van der Waals surface area (Å²) in [5.74, 6) is -1.12. The molecule has 0 bridgehead atoms. The second-order valence-electron chi connectivity index (χ2n) is 7.29. The second kappa shape index (κ2) is 9.86. The number of hydrogen-bond acceptors (Lipinski definition) is 5. The summed E-state index contributed by atoms with van der Waals surface area (Å²) in [5.41, 5.74) is 1.49. The van der Waals surface area contributed by atoms with E-state index >= 15 is 0 Å². The highest BCUT2D eigenvalue weighted by atomic mass is 32.2. The number of aryl methyl sites for hydroxylation is 1. The minimum Gasteiger partial charge on any atom is -0.452 e. The number of amides is 1. The van der Waals surface area contributed by atoms with E-state index in [0.717, 1.165) is 31.2 Å². The predicted octanol–water partition coefficient (Wildman–Crippen LogP) is 3.36. The summed E-state index contributed by atoms with van der Waals surface area (Å²) in [6.45, 7) is 2.34. The fourth-order valence-corrected chi connectivity index (χ4v) is 4.94. The first kappa shape index (κ1) is 22.0. The number of esters is 1. The van der Waals surface area contributed by atoms with Crippen molar-refractivity contribution in [2.24, 2.45) is 0 Å². The van der Waals surface area contributed by atoms with Gasteiger partial charge in [0.1, 0.15) is 0 Å². The van der Waals surface area contributed by atoms with E-state index in [1.165, 1.54) is 16.4 Å². The molecule has 0 atom stereocenters. The molecule has 0 unspecified atom stereocenters. The van der Waals surface area contributed by atoms with Gasteiger partial charge in [0.2, 0.25) is 10.0 Å². The van der Waals surface area contributed by atoms with Gasteiger partial charge in [-0.1, -0.05) is 37.1 Å². The van der Waals surface area contributed by atoms with Crippen molar-refractivity contribution in [2.75, 3.05) is 25.0 Å². The highest BCUT2D eigenvalue weighted by molar-refractivity contribution is 7.89. The molecule has 0 aromatic heterocycles. The van der Waals surface area contributed by atoms with Gasteiger partial charge in [-0.2, -0.15) is 4.31 Å². The van der Waals surface area contributed by atoms with E-state index in [0.29, 0.717) is 24.3 Å². The van der Waals surface area contributed by atoms with Crippen LogP contribution in [0.3, 0.4) is 0 Å². The van der Waals surface area contributed by atoms with Gasteiger partial charge in [-0.3, -0.25) is 4.79 Å². The Morgan fingerprint density at radius 3 is 2.40 bits per heavy atom. The van der Waals surface area contributed by atoms with Gasteiger partial charge in [-0.05, 0) is 49.6 Å². The Morgan fingerprint density at radius 2 is 1.70 bits per heavy atom. The SMILES string of the molecule is Cc1ccccc1C(=O)OCC(=O)Nc1cccc(S(=O)(=O)N2CCCCCC2)c1. The number of hydrogen-bond donors (Lipinski definition) is 1. The van der Waals surface area contributed by atoms with Gasteiger partial charge in [0.05, 0.1) is 10.5 Å². The number of nitrogens with zero attached hydrogens (tertiary/aromatic N) is 1. The normalized spacial score (nSPS) is 15.2. The molecule has 160 valence electrons. The summed E-state index contributed by atoms with van der Waals surface area (Å²) in [6.07, 6.45) is 3.76. The molecule has 8 heteroatoms. The molecule has 2 aromatic carbocycles. The van der Waals surface area contributed by atoms with Gasteiger partial charge in [0.25, 0.3) is 5.91 Å². The highest BCUT2D eigenvalue weighted by Gasteiger charge is 2.25. The van der Waals surface area contributed by atoms with Crippen LogP contribution in [0, 0.1) is 6.92 Å². The summed E-state index contributed by atoms with van der Waals surface area (Å²) in [5, 5.41) is 2.59. The van der Waals surface area contributed by atoms with Crippen LogP contribution in [0.5, 0.6) is 0 Å². The minimum atomic E-state index is -3.61. The number of benzene rings is 2. The molecular formula is C22H26N2O5S. The number of sulfonamides is 1. The Balaban J connectivity index is 1.62. The van der Waals surface area contributed by atoms with Crippen molar-refractivity contribution in [3.8, 4) is 0 Å². The van der Waals surface area contributed by atoms with E-state index < -0.39 is 28.5 Å². The zero-order valence-corrected chi connectivity index (χ0v) is 17.8. The van der Waals surface area contributed by atoms with Gasteiger partial charge >= 0.3 is 5.97 Å². The van der Waals surface area contributed by atoms with Crippen molar-refractivity contribution < 1.29 is 22.7 Å². The standard InChI is InChI=1S/C22H26N2O5S/c1-17-9-4-5-12-20(17)22(26)29-16-21(25)23-18-10-8-11-19(15-18)30(27,28)24-13-6-2-3-7-14-24/h4-5,8-12,15H,2-3,6-7,13-14,16H2,1H3,(H,23,25). The number of carbonyl (C=O) groups excluding carboxylic acids is 2. The molecule has 1 fully saturated rings. The quantitative estimate of drug-likeness (QED) is 0.710. The maximum absolute atomic E-state index is 12.9. The molecule has 1 heterocycles. The lowest BCUT2D eigenvalue weighted by atomic mass is 10.1. The number of rotatable bonds is 6. The molecule has 2 aromatic rings. The van der Waals surface area contributed by atoms with Crippen molar-refractivity contribution in [3.05, 3.63) is 59.7 Å². The molecule has 0 radical (unpaired) electrons. The third-order valence-corrected chi connectivity index (χ3v) is 6.91. The average molecular weight is 431 g/mol. The fourth-order valence-electron chi connectivity index (χ4n) is 3.37. The zero-order chi connectivity index (χ0) is 21.6. The molecule has 1 saturated heterocycles. The van der Waals surface area contributed by atoms with E-state index in [2.05, 4.69) is 5.32 Å². The van der Waals surface area contributed by atoms with Crippen LogP contribution in [0.2, 0.25) is 0 Å². The Labute approximate surface area is 177 Å². The Morgan fingerprint density at radius 1 is 1.00 bits per heavy atom. The molecule has 1 amide bonds. The third-order valence-electron chi connectivity index (χ3n) is 5.02. The molecule has 7 nitrogen and oxygen atoms in total. The fraction of sp³-hybridized carbons (Fsp3) is 0.364. The Bertz CT molecular complexity index is 1010. The van der Waals surface area contributed by atoms with Crippen molar-refractivity contribution in [1.29, 1.82) is 0 Å². The Hall–Kier alpha value is -2.71. The van der Waals surface area contributed by atoms with Gasteiger partial charge in [0.15, 0.2) is 6.61 Å². The zero-order valence-electron chi connectivity index (χ0n) is 17.0. The van der Waals surface area contributed by atoms with Crippen LogP contribution in [0.25, 0.3) is 0 Å². The lowest BCUT2D eigenvalue weighted by Crippen LogP contribution is -2.32. The van der Waals surface area contributed by atoms with Crippen LogP contribution in [-0.4, -0.2) is 44.3 Å². The van der Waals surface area contributed by atoms with Crippen molar-refractivity contribution in [2.45, 2.75) is 37.5 Å². The molecule has 1 N–H and O–H groups in total. The molecule has 0 aliphatic carbocycles. The summed E-state index contributed by atoms with van der Waals surface area (Å²) >= 11 is 0. The van der Waals surface area contributed by atoms with Gasteiger partial charge in [-0.25, -0.2) is 13.2 Å². The smallest absolute Gasteiger partial charge is 0.338 e. The van der Waals surface area contributed by atoms with Crippen molar-refractivity contribution in [3.63, 3.8) is 0 Å². The molecular weight excluding hydrogens is 404 g/mol. The summed E-state index contributed by atoms with van der Waals surface area (Å²) in [6, 6.07) is 13.1. The molecule has 0 spiro atoms. The van der Waals surface area contributed by atoms with Crippen molar-refractivity contribution >= 4 is 27.6 Å². The molecule has 3 rings (SSSR count). The summed E-state index contributed by atoms with van der Waals surface area (Å²) in [4.78, 5) is 24.5. The summed E-state index contributed by atoms with van der Waals surface area (Å²) in [7, 11) is -3.61. The van der Waals surface area contributed by atoms with Crippen LogP contribution < -0.4 is 5.32 Å².